The summed E-state index contributed by atoms with van der Waals surface area (Å²) in [6.07, 6.45) is 22.4. The van der Waals surface area contributed by atoms with Gasteiger partial charge >= 0.3 is 0 Å². The average Bonchev–Trinajstić information content (AvgIpc) is 2.60. The van der Waals surface area contributed by atoms with E-state index in [0.717, 1.165) is 23.3 Å². The van der Waals surface area contributed by atoms with Crippen LogP contribution in [-0.2, 0) is 0 Å². The maximum atomic E-state index is 4.05. The first-order valence-electron chi connectivity index (χ1n) is 10.6. The molecule has 0 amide bonds. The SMILES string of the molecule is CCC1CCCCCCCNC(C2CCC23CCCCC3)C1. The minimum atomic E-state index is 0.772. The van der Waals surface area contributed by atoms with Crippen molar-refractivity contribution in [3.05, 3.63) is 0 Å². The maximum Gasteiger partial charge on any atom is 0.0103 e. The normalized spacial score (nSPS) is 37.2. The van der Waals surface area contributed by atoms with E-state index < -0.39 is 0 Å². The molecule has 1 nitrogen and oxygen atoms in total. The van der Waals surface area contributed by atoms with Crippen LogP contribution >= 0.6 is 0 Å². The summed E-state index contributed by atoms with van der Waals surface area (Å²) in [4.78, 5) is 0. The molecule has 0 aromatic heterocycles. The number of rotatable bonds is 2. The predicted molar refractivity (Wildman–Crippen MR) is 96.1 cm³/mol. The zero-order chi connectivity index (χ0) is 15.3. The van der Waals surface area contributed by atoms with Crippen molar-refractivity contribution >= 4 is 0 Å². The zero-order valence-corrected chi connectivity index (χ0v) is 15.0. The molecule has 3 atom stereocenters. The first kappa shape index (κ1) is 16.8. The number of hydrogen-bond donors (Lipinski definition) is 1. The minimum absolute atomic E-state index is 0.772. The lowest BCUT2D eigenvalue weighted by Gasteiger charge is -2.56. The van der Waals surface area contributed by atoms with Crippen molar-refractivity contribution < 1.29 is 0 Å². The highest BCUT2D eigenvalue weighted by molar-refractivity contribution is 5.02. The summed E-state index contributed by atoms with van der Waals surface area (Å²) in [7, 11) is 0. The molecule has 0 radical (unpaired) electrons. The van der Waals surface area contributed by atoms with Crippen molar-refractivity contribution in [2.75, 3.05) is 6.54 Å². The van der Waals surface area contributed by atoms with Crippen LogP contribution in [0.25, 0.3) is 0 Å². The summed E-state index contributed by atoms with van der Waals surface area (Å²) in [5, 5.41) is 4.05. The van der Waals surface area contributed by atoms with Crippen LogP contribution in [0, 0.1) is 17.3 Å². The first-order valence-corrected chi connectivity index (χ1v) is 10.6. The van der Waals surface area contributed by atoms with E-state index in [1.54, 1.807) is 19.3 Å². The second-order valence-corrected chi connectivity index (χ2v) is 8.70. The maximum absolute atomic E-state index is 4.05. The molecule has 128 valence electrons. The van der Waals surface area contributed by atoms with Gasteiger partial charge in [-0.2, -0.15) is 0 Å². The van der Waals surface area contributed by atoms with Crippen LogP contribution in [-0.4, -0.2) is 12.6 Å². The highest BCUT2D eigenvalue weighted by Gasteiger charge is 2.49. The van der Waals surface area contributed by atoms with Gasteiger partial charge in [0.15, 0.2) is 0 Å². The van der Waals surface area contributed by atoms with Gasteiger partial charge in [-0.05, 0) is 62.3 Å². The van der Waals surface area contributed by atoms with Crippen LogP contribution in [0.2, 0.25) is 0 Å². The third-order valence-electron chi connectivity index (χ3n) is 7.44. The summed E-state index contributed by atoms with van der Waals surface area (Å²) in [5.74, 6) is 2.00. The van der Waals surface area contributed by atoms with Gasteiger partial charge < -0.3 is 5.32 Å². The van der Waals surface area contributed by atoms with E-state index in [4.69, 9.17) is 0 Å². The summed E-state index contributed by atoms with van der Waals surface area (Å²) in [5.41, 5.74) is 0.772. The van der Waals surface area contributed by atoms with Gasteiger partial charge in [0.25, 0.3) is 0 Å². The van der Waals surface area contributed by atoms with Crippen LogP contribution in [0.4, 0.5) is 0 Å². The molecule has 0 bridgehead atoms. The van der Waals surface area contributed by atoms with Gasteiger partial charge in [-0.15, -0.1) is 0 Å². The van der Waals surface area contributed by atoms with Crippen molar-refractivity contribution in [1.82, 2.24) is 5.32 Å². The third kappa shape index (κ3) is 3.89. The molecule has 1 aliphatic heterocycles. The van der Waals surface area contributed by atoms with E-state index in [0.29, 0.717) is 0 Å². The predicted octanol–water partition coefficient (Wildman–Crippen LogP) is 6.08. The smallest absolute Gasteiger partial charge is 0.0103 e. The molecule has 22 heavy (non-hydrogen) atoms. The Morgan fingerprint density at radius 1 is 0.818 bits per heavy atom. The molecule has 3 rings (SSSR count). The van der Waals surface area contributed by atoms with E-state index in [2.05, 4.69) is 12.2 Å². The lowest BCUT2D eigenvalue weighted by atomic mass is 9.51. The zero-order valence-electron chi connectivity index (χ0n) is 15.0. The highest BCUT2D eigenvalue weighted by atomic mass is 14.9. The fraction of sp³-hybridized carbons (Fsp3) is 1.00. The Labute approximate surface area is 139 Å². The Bertz CT molecular complexity index is 318. The fourth-order valence-electron chi connectivity index (χ4n) is 5.84. The summed E-state index contributed by atoms with van der Waals surface area (Å²) >= 11 is 0. The molecule has 1 heterocycles. The lowest BCUT2D eigenvalue weighted by Crippen LogP contribution is -2.53. The van der Waals surface area contributed by atoms with Gasteiger partial charge in [0, 0.05) is 6.04 Å². The van der Waals surface area contributed by atoms with Crippen molar-refractivity contribution in [3.8, 4) is 0 Å². The molecule has 3 aliphatic rings. The molecule has 3 unspecified atom stereocenters. The Morgan fingerprint density at radius 3 is 2.27 bits per heavy atom. The second-order valence-electron chi connectivity index (χ2n) is 8.70. The van der Waals surface area contributed by atoms with E-state index >= 15 is 0 Å². The van der Waals surface area contributed by atoms with Crippen molar-refractivity contribution in [1.29, 1.82) is 0 Å². The van der Waals surface area contributed by atoms with Gasteiger partial charge in [0.2, 0.25) is 0 Å². The first-order chi connectivity index (χ1) is 10.8. The third-order valence-corrected chi connectivity index (χ3v) is 7.44. The quantitative estimate of drug-likeness (QED) is 0.652. The van der Waals surface area contributed by atoms with E-state index in [1.807, 2.05) is 0 Å². The minimum Gasteiger partial charge on any atom is -0.314 e. The molecule has 3 fully saturated rings. The molecule has 1 saturated heterocycles. The largest absolute Gasteiger partial charge is 0.314 e. The molecule has 2 aliphatic carbocycles. The molecule has 2 saturated carbocycles. The summed E-state index contributed by atoms with van der Waals surface area (Å²) < 4.78 is 0. The van der Waals surface area contributed by atoms with Crippen LogP contribution in [0.1, 0.15) is 103 Å². The standard InChI is InChI=1S/C21H39N/c1-2-18-11-7-4-3-5-10-16-22-20(17-18)19-12-15-21(19)13-8-6-9-14-21/h18-20,22H,2-17H2,1H3. The van der Waals surface area contributed by atoms with E-state index in [1.165, 1.54) is 83.6 Å². The van der Waals surface area contributed by atoms with Crippen LogP contribution < -0.4 is 5.32 Å². The summed E-state index contributed by atoms with van der Waals surface area (Å²) in [6.45, 7) is 3.71. The highest BCUT2D eigenvalue weighted by Crippen LogP contribution is 2.57. The van der Waals surface area contributed by atoms with Crippen LogP contribution in [0.5, 0.6) is 0 Å². The molecule has 1 spiro atoms. The fourth-order valence-corrected chi connectivity index (χ4v) is 5.84. The molecule has 0 aromatic carbocycles. The van der Waals surface area contributed by atoms with Crippen molar-refractivity contribution in [2.24, 2.45) is 17.3 Å². The number of hydrogen-bond acceptors (Lipinski definition) is 1. The van der Waals surface area contributed by atoms with Crippen molar-refractivity contribution in [3.63, 3.8) is 0 Å². The molecule has 1 heteroatoms. The Hall–Kier alpha value is -0.0400. The Kier molecular flexibility index (Phi) is 6.24. The van der Waals surface area contributed by atoms with Gasteiger partial charge in [-0.3, -0.25) is 0 Å². The van der Waals surface area contributed by atoms with E-state index in [9.17, 15) is 0 Å². The molecular weight excluding hydrogens is 266 g/mol. The monoisotopic (exact) mass is 305 g/mol. The Balaban J connectivity index is 1.64. The average molecular weight is 306 g/mol. The molecule has 1 N–H and O–H groups in total. The van der Waals surface area contributed by atoms with Crippen LogP contribution in [0.3, 0.4) is 0 Å². The van der Waals surface area contributed by atoms with Gasteiger partial charge in [-0.1, -0.05) is 64.7 Å². The summed E-state index contributed by atoms with van der Waals surface area (Å²) in [6, 6.07) is 0.842. The van der Waals surface area contributed by atoms with Crippen LogP contribution in [0.15, 0.2) is 0 Å². The second kappa shape index (κ2) is 8.18. The molecule has 0 aromatic rings. The van der Waals surface area contributed by atoms with Gasteiger partial charge in [0.1, 0.15) is 0 Å². The number of nitrogens with one attached hydrogen (secondary N) is 1. The van der Waals surface area contributed by atoms with Gasteiger partial charge in [0.05, 0.1) is 0 Å². The molecular formula is C21H39N. The van der Waals surface area contributed by atoms with E-state index in [-0.39, 0.29) is 0 Å². The topological polar surface area (TPSA) is 12.0 Å². The Morgan fingerprint density at radius 2 is 1.55 bits per heavy atom. The lowest BCUT2D eigenvalue weighted by molar-refractivity contribution is -0.0373. The van der Waals surface area contributed by atoms with Crippen molar-refractivity contribution in [2.45, 2.75) is 109 Å². The van der Waals surface area contributed by atoms with Gasteiger partial charge in [-0.25, -0.2) is 0 Å².